The second-order valence-electron chi connectivity index (χ2n) is 7.40. The molecule has 8 nitrogen and oxygen atoms in total. The maximum atomic E-state index is 12.8. The fraction of sp³-hybridized carbons (Fsp3) is 0.391. The van der Waals surface area contributed by atoms with Crippen molar-refractivity contribution < 1.29 is 28.9 Å². The molecule has 1 aliphatic rings. The Morgan fingerprint density at radius 3 is 2.29 bits per heavy atom. The van der Waals surface area contributed by atoms with Crippen molar-refractivity contribution in [3.05, 3.63) is 48.0 Å². The number of amides is 2. The van der Waals surface area contributed by atoms with E-state index in [2.05, 4.69) is 5.32 Å². The van der Waals surface area contributed by atoms with Gasteiger partial charge in [-0.25, -0.2) is 0 Å². The smallest absolute Gasteiger partial charge is 0.260 e. The second-order valence-corrected chi connectivity index (χ2v) is 7.40. The van der Waals surface area contributed by atoms with Crippen LogP contribution in [0.1, 0.15) is 30.1 Å². The van der Waals surface area contributed by atoms with Gasteiger partial charge in [-0.15, -0.1) is 0 Å². The van der Waals surface area contributed by atoms with E-state index >= 15 is 0 Å². The highest BCUT2D eigenvalue weighted by Gasteiger charge is 2.26. The molecular weight excluding hydrogens is 400 g/mol. The molecule has 0 aliphatic carbocycles. The number of hydrogen-bond acceptors (Lipinski definition) is 6. The molecular formula is C23H28N2O6. The minimum absolute atomic E-state index is 0.0205. The Morgan fingerprint density at radius 1 is 1.03 bits per heavy atom. The number of phenols is 1. The van der Waals surface area contributed by atoms with Crippen LogP contribution in [0.4, 0.5) is 0 Å². The van der Waals surface area contributed by atoms with Crippen molar-refractivity contribution in [1.29, 1.82) is 0 Å². The van der Waals surface area contributed by atoms with E-state index in [1.54, 1.807) is 49.3 Å². The number of piperidine rings is 1. The molecule has 0 aromatic heterocycles. The predicted molar refractivity (Wildman–Crippen MR) is 115 cm³/mol. The van der Waals surface area contributed by atoms with Gasteiger partial charge in [0.2, 0.25) is 0 Å². The zero-order chi connectivity index (χ0) is 22.4. The molecule has 2 aromatic rings. The molecule has 1 unspecified atom stereocenters. The van der Waals surface area contributed by atoms with E-state index in [4.69, 9.17) is 14.2 Å². The van der Waals surface area contributed by atoms with E-state index in [9.17, 15) is 14.7 Å². The fourth-order valence-corrected chi connectivity index (χ4v) is 3.48. The van der Waals surface area contributed by atoms with Gasteiger partial charge in [0.1, 0.15) is 11.5 Å². The minimum Gasteiger partial charge on any atom is -0.508 e. The molecule has 166 valence electrons. The highest BCUT2D eigenvalue weighted by atomic mass is 16.5. The van der Waals surface area contributed by atoms with E-state index in [1.807, 2.05) is 0 Å². The molecule has 3 rings (SSSR count). The zero-order valence-electron chi connectivity index (χ0n) is 18.0. The lowest BCUT2D eigenvalue weighted by atomic mass is 10.0. The highest BCUT2D eigenvalue weighted by Crippen LogP contribution is 2.28. The molecule has 31 heavy (non-hydrogen) atoms. The quantitative estimate of drug-likeness (QED) is 0.704. The molecule has 2 aromatic carbocycles. The zero-order valence-corrected chi connectivity index (χ0v) is 18.0. The number of carbonyl (C=O) groups is 2. The molecule has 0 spiro atoms. The number of nitrogens with zero attached hydrogens (tertiary/aromatic N) is 1. The summed E-state index contributed by atoms with van der Waals surface area (Å²) in [6.45, 7) is 2.77. The molecule has 1 aliphatic heterocycles. The Balaban J connectivity index is 1.50. The monoisotopic (exact) mass is 428 g/mol. The number of rotatable bonds is 7. The van der Waals surface area contributed by atoms with Crippen LogP contribution >= 0.6 is 0 Å². The van der Waals surface area contributed by atoms with Crippen molar-refractivity contribution in [2.45, 2.75) is 31.9 Å². The lowest BCUT2D eigenvalue weighted by molar-refractivity contribution is -0.128. The van der Waals surface area contributed by atoms with Crippen molar-refractivity contribution in [3.63, 3.8) is 0 Å². The van der Waals surface area contributed by atoms with Gasteiger partial charge in [-0.1, -0.05) is 0 Å². The van der Waals surface area contributed by atoms with Gasteiger partial charge in [-0.2, -0.15) is 0 Å². The lowest BCUT2D eigenvalue weighted by Gasteiger charge is -2.33. The van der Waals surface area contributed by atoms with Gasteiger partial charge < -0.3 is 29.5 Å². The summed E-state index contributed by atoms with van der Waals surface area (Å²) in [7, 11) is 3.08. The third-order valence-electron chi connectivity index (χ3n) is 5.28. The molecule has 0 saturated carbocycles. The molecule has 8 heteroatoms. The van der Waals surface area contributed by atoms with Crippen LogP contribution in [-0.4, -0.2) is 61.3 Å². The molecule has 2 amide bonds. The number of benzene rings is 2. The molecule has 1 atom stereocenters. The highest BCUT2D eigenvalue weighted by molar-refractivity contribution is 5.95. The van der Waals surface area contributed by atoms with Gasteiger partial charge in [-0.05, 0) is 62.2 Å². The summed E-state index contributed by atoms with van der Waals surface area (Å²) >= 11 is 0. The molecule has 1 saturated heterocycles. The molecule has 1 fully saturated rings. The van der Waals surface area contributed by atoms with Gasteiger partial charge in [0.15, 0.2) is 17.6 Å². The van der Waals surface area contributed by atoms with Gasteiger partial charge in [0.25, 0.3) is 11.8 Å². The van der Waals surface area contributed by atoms with Crippen LogP contribution < -0.4 is 19.5 Å². The van der Waals surface area contributed by atoms with Crippen LogP contribution in [0.5, 0.6) is 23.0 Å². The summed E-state index contributed by atoms with van der Waals surface area (Å²) in [6.07, 6.45) is 0.656. The standard InChI is InChI=1S/C23H28N2O6/c1-15(31-19-7-5-18(26)6-8-19)22(27)24-17-10-12-25(13-11-17)23(28)16-4-9-20(29-2)21(14-16)30-3/h4-9,14-15,17,26H,10-13H2,1-3H3,(H,24,27). The number of nitrogens with one attached hydrogen (secondary N) is 1. The normalized spacial score (nSPS) is 15.1. The fourth-order valence-electron chi connectivity index (χ4n) is 3.48. The number of carbonyl (C=O) groups excluding carboxylic acids is 2. The number of likely N-dealkylation sites (tertiary alicyclic amines) is 1. The van der Waals surface area contributed by atoms with E-state index in [1.165, 1.54) is 19.2 Å². The first kappa shape index (κ1) is 22.3. The van der Waals surface area contributed by atoms with Crippen molar-refractivity contribution in [3.8, 4) is 23.0 Å². The van der Waals surface area contributed by atoms with Crippen LogP contribution in [0.3, 0.4) is 0 Å². The molecule has 0 bridgehead atoms. The van der Waals surface area contributed by atoms with Gasteiger partial charge in [0, 0.05) is 24.7 Å². The Bertz CT molecular complexity index is 907. The SMILES string of the molecule is COc1ccc(C(=O)N2CCC(NC(=O)C(C)Oc3ccc(O)cc3)CC2)cc1OC. The predicted octanol–water partition coefficient (Wildman–Crippen LogP) is 2.60. The summed E-state index contributed by atoms with van der Waals surface area (Å²) in [5.74, 6) is 1.45. The first-order valence-corrected chi connectivity index (χ1v) is 10.2. The average Bonchev–Trinajstić information content (AvgIpc) is 2.80. The summed E-state index contributed by atoms with van der Waals surface area (Å²) in [5, 5.41) is 12.3. The summed E-state index contributed by atoms with van der Waals surface area (Å²) < 4.78 is 16.1. The van der Waals surface area contributed by atoms with Crippen LogP contribution in [0, 0.1) is 0 Å². The maximum Gasteiger partial charge on any atom is 0.260 e. The Labute approximate surface area is 181 Å². The van der Waals surface area contributed by atoms with Crippen LogP contribution in [-0.2, 0) is 4.79 Å². The van der Waals surface area contributed by atoms with Gasteiger partial charge in [0.05, 0.1) is 14.2 Å². The van der Waals surface area contributed by atoms with E-state index in [-0.39, 0.29) is 23.6 Å². The lowest BCUT2D eigenvalue weighted by Crippen LogP contribution is -2.49. The van der Waals surface area contributed by atoms with Crippen molar-refractivity contribution >= 4 is 11.8 Å². The first-order chi connectivity index (χ1) is 14.9. The summed E-state index contributed by atoms with van der Waals surface area (Å²) in [5.41, 5.74) is 0.538. The van der Waals surface area contributed by atoms with E-state index in [0.717, 1.165) is 0 Å². The molecule has 0 radical (unpaired) electrons. The number of ether oxygens (including phenoxy) is 3. The number of hydrogen-bond donors (Lipinski definition) is 2. The number of methoxy groups -OCH3 is 2. The third-order valence-corrected chi connectivity index (χ3v) is 5.28. The van der Waals surface area contributed by atoms with E-state index in [0.29, 0.717) is 48.7 Å². The molecule has 1 heterocycles. The Kier molecular flexibility index (Phi) is 7.23. The Hall–Kier alpha value is -3.42. The topological polar surface area (TPSA) is 97.3 Å². The summed E-state index contributed by atoms with van der Waals surface area (Å²) in [6, 6.07) is 11.3. The average molecular weight is 428 g/mol. The van der Waals surface area contributed by atoms with Crippen LogP contribution in [0.15, 0.2) is 42.5 Å². The molecule has 2 N–H and O–H groups in total. The van der Waals surface area contributed by atoms with Crippen molar-refractivity contribution in [2.75, 3.05) is 27.3 Å². The minimum atomic E-state index is -0.670. The largest absolute Gasteiger partial charge is 0.508 e. The van der Waals surface area contributed by atoms with Gasteiger partial charge >= 0.3 is 0 Å². The first-order valence-electron chi connectivity index (χ1n) is 10.2. The number of aromatic hydroxyl groups is 1. The van der Waals surface area contributed by atoms with Crippen LogP contribution in [0.2, 0.25) is 0 Å². The van der Waals surface area contributed by atoms with Crippen molar-refractivity contribution in [2.24, 2.45) is 0 Å². The van der Waals surface area contributed by atoms with Crippen molar-refractivity contribution in [1.82, 2.24) is 10.2 Å². The second kappa shape index (κ2) is 10.1. The Morgan fingerprint density at radius 2 is 1.68 bits per heavy atom. The van der Waals surface area contributed by atoms with Crippen LogP contribution in [0.25, 0.3) is 0 Å². The van der Waals surface area contributed by atoms with Gasteiger partial charge in [-0.3, -0.25) is 9.59 Å². The summed E-state index contributed by atoms with van der Waals surface area (Å²) in [4.78, 5) is 27.1. The number of phenolic OH excluding ortho intramolecular Hbond substituents is 1. The van der Waals surface area contributed by atoms with E-state index < -0.39 is 6.10 Å². The third kappa shape index (κ3) is 5.59. The maximum absolute atomic E-state index is 12.8.